The monoisotopic (exact) mass is 202 g/mol. The van der Waals surface area contributed by atoms with Crippen LogP contribution in [0.2, 0.25) is 0 Å². The van der Waals surface area contributed by atoms with Crippen LogP contribution in [0, 0.1) is 0 Å². The normalized spacial score (nSPS) is 16.9. The van der Waals surface area contributed by atoms with Crippen LogP contribution in [0.15, 0.2) is 36.9 Å². The van der Waals surface area contributed by atoms with Crippen molar-refractivity contribution in [2.45, 2.75) is 25.4 Å². The van der Waals surface area contributed by atoms with Crippen LogP contribution in [0.3, 0.4) is 0 Å². The third kappa shape index (κ3) is 1.80. The number of hydrogen-bond donors (Lipinski definition) is 0. The number of carbonyl (C=O) groups is 1. The maximum absolute atomic E-state index is 11.0. The summed E-state index contributed by atoms with van der Waals surface area (Å²) in [5.74, 6) is -0.247. The summed E-state index contributed by atoms with van der Waals surface area (Å²) in [4.78, 5) is 11.0. The van der Waals surface area contributed by atoms with Gasteiger partial charge < -0.3 is 4.74 Å². The Morgan fingerprint density at radius 1 is 1.40 bits per heavy atom. The molecule has 78 valence electrons. The summed E-state index contributed by atoms with van der Waals surface area (Å²) in [7, 11) is 0. The number of esters is 1. The molecule has 0 amide bonds. The molecule has 0 aromatic heterocycles. The zero-order valence-corrected chi connectivity index (χ0v) is 8.82. The molecule has 2 rings (SSSR count). The lowest BCUT2D eigenvalue weighted by Gasteiger charge is -2.24. The van der Waals surface area contributed by atoms with Crippen molar-refractivity contribution in [3.8, 4) is 0 Å². The highest BCUT2D eigenvalue weighted by molar-refractivity contribution is 5.67. The lowest BCUT2D eigenvalue weighted by molar-refractivity contribution is -0.151. The SMILES string of the molecule is C=CC1(OC(C)=O)Cc2ccccc2C1. The second kappa shape index (κ2) is 3.54. The van der Waals surface area contributed by atoms with Gasteiger partial charge in [-0.1, -0.05) is 30.8 Å². The average molecular weight is 202 g/mol. The van der Waals surface area contributed by atoms with Crippen molar-refractivity contribution >= 4 is 5.97 Å². The number of benzene rings is 1. The first-order chi connectivity index (χ1) is 7.15. The van der Waals surface area contributed by atoms with Gasteiger partial charge in [-0.3, -0.25) is 4.79 Å². The van der Waals surface area contributed by atoms with Gasteiger partial charge >= 0.3 is 5.97 Å². The fourth-order valence-electron chi connectivity index (χ4n) is 2.15. The fraction of sp³-hybridized carbons (Fsp3) is 0.308. The standard InChI is InChI=1S/C13H14O2/c1-3-13(15-10(2)14)8-11-6-4-5-7-12(11)9-13/h3-7H,1,8-9H2,2H3. The molecule has 0 saturated carbocycles. The van der Waals surface area contributed by atoms with Gasteiger partial charge in [-0.05, 0) is 17.2 Å². The van der Waals surface area contributed by atoms with Gasteiger partial charge in [0.2, 0.25) is 0 Å². The van der Waals surface area contributed by atoms with E-state index < -0.39 is 5.60 Å². The highest BCUT2D eigenvalue weighted by Crippen LogP contribution is 2.33. The quantitative estimate of drug-likeness (QED) is 0.543. The van der Waals surface area contributed by atoms with Gasteiger partial charge in [0.25, 0.3) is 0 Å². The molecule has 1 aromatic carbocycles. The molecule has 0 spiro atoms. The van der Waals surface area contributed by atoms with Gasteiger partial charge in [-0.15, -0.1) is 0 Å². The Kier molecular flexibility index (Phi) is 2.35. The molecule has 1 aliphatic rings. The molecule has 0 aliphatic heterocycles. The van der Waals surface area contributed by atoms with Gasteiger partial charge in [0.1, 0.15) is 5.60 Å². The zero-order valence-electron chi connectivity index (χ0n) is 8.82. The molecule has 0 saturated heterocycles. The Balaban J connectivity index is 2.29. The maximum atomic E-state index is 11.0. The number of hydrogen-bond acceptors (Lipinski definition) is 2. The van der Waals surface area contributed by atoms with E-state index in [9.17, 15) is 4.79 Å². The molecule has 2 nitrogen and oxygen atoms in total. The van der Waals surface area contributed by atoms with Gasteiger partial charge in [-0.25, -0.2) is 0 Å². The van der Waals surface area contributed by atoms with Crippen LogP contribution in [0.1, 0.15) is 18.1 Å². The largest absolute Gasteiger partial charge is 0.454 e. The van der Waals surface area contributed by atoms with Crippen molar-refractivity contribution in [3.63, 3.8) is 0 Å². The first-order valence-corrected chi connectivity index (χ1v) is 5.05. The smallest absolute Gasteiger partial charge is 0.303 e. The van der Waals surface area contributed by atoms with E-state index in [1.165, 1.54) is 18.1 Å². The highest BCUT2D eigenvalue weighted by Gasteiger charge is 2.37. The van der Waals surface area contributed by atoms with E-state index in [4.69, 9.17) is 4.74 Å². The molecule has 0 N–H and O–H groups in total. The topological polar surface area (TPSA) is 26.3 Å². The summed E-state index contributed by atoms with van der Waals surface area (Å²) in [6.45, 7) is 5.21. The predicted molar refractivity (Wildman–Crippen MR) is 58.5 cm³/mol. The molecule has 0 heterocycles. The predicted octanol–water partition coefficient (Wildman–Crippen LogP) is 2.27. The second-order valence-corrected chi connectivity index (χ2v) is 3.98. The van der Waals surface area contributed by atoms with Gasteiger partial charge in [0.05, 0.1) is 0 Å². The maximum Gasteiger partial charge on any atom is 0.303 e. The van der Waals surface area contributed by atoms with Crippen LogP contribution in [0.4, 0.5) is 0 Å². The molecular formula is C13H14O2. The summed E-state index contributed by atoms with van der Waals surface area (Å²) in [6, 6.07) is 8.16. The van der Waals surface area contributed by atoms with E-state index in [2.05, 4.69) is 18.7 Å². The molecule has 0 radical (unpaired) electrons. The summed E-state index contributed by atoms with van der Waals surface area (Å²) >= 11 is 0. The Hall–Kier alpha value is -1.57. The fourth-order valence-corrected chi connectivity index (χ4v) is 2.15. The van der Waals surface area contributed by atoms with Gasteiger partial charge in [-0.2, -0.15) is 0 Å². The summed E-state index contributed by atoms with van der Waals surface area (Å²) in [5.41, 5.74) is 1.98. The van der Waals surface area contributed by atoms with E-state index in [-0.39, 0.29) is 5.97 Å². The molecule has 0 unspecified atom stereocenters. The molecule has 0 fully saturated rings. The lowest BCUT2D eigenvalue weighted by atomic mass is 10.0. The third-order valence-electron chi connectivity index (χ3n) is 2.82. The molecule has 0 atom stereocenters. The van der Waals surface area contributed by atoms with Crippen LogP contribution in [-0.2, 0) is 22.4 Å². The Morgan fingerprint density at radius 2 is 1.93 bits per heavy atom. The minimum Gasteiger partial charge on any atom is -0.454 e. The van der Waals surface area contributed by atoms with Crippen LogP contribution in [-0.4, -0.2) is 11.6 Å². The summed E-state index contributed by atoms with van der Waals surface area (Å²) in [6.07, 6.45) is 3.23. The lowest BCUT2D eigenvalue weighted by Crippen LogP contribution is -2.32. The first kappa shape index (κ1) is 9.97. The van der Waals surface area contributed by atoms with Crippen LogP contribution >= 0.6 is 0 Å². The number of rotatable bonds is 2. The number of fused-ring (bicyclic) bond motifs is 1. The van der Waals surface area contributed by atoms with Crippen molar-refractivity contribution in [1.29, 1.82) is 0 Å². The molecule has 15 heavy (non-hydrogen) atoms. The molecule has 1 aromatic rings. The Bertz CT molecular complexity index is 382. The Morgan fingerprint density at radius 3 is 2.33 bits per heavy atom. The zero-order chi connectivity index (χ0) is 10.9. The Labute approximate surface area is 89.6 Å². The molecule has 2 heteroatoms. The van der Waals surface area contributed by atoms with Crippen molar-refractivity contribution in [2.75, 3.05) is 0 Å². The van der Waals surface area contributed by atoms with Gasteiger partial charge in [0, 0.05) is 19.8 Å². The van der Waals surface area contributed by atoms with Crippen LogP contribution in [0.5, 0.6) is 0 Å². The minimum absolute atomic E-state index is 0.247. The number of carbonyl (C=O) groups excluding carboxylic acids is 1. The summed E-state index contributed by atoms with van der Waals surface area (Å²) < 4.78 is 5.37. The van der Waals surface area contributed by atoms with E-state index in [1.807, 2.05) is 12.1 Å². The van der Waals surface area contributed by atoms with E-state index >= 15 is 0 Å². The van der Waals surface area contributed by atoms with Crippen molar-refractivity contribution in [3.05, 3.63) is 48.0 Å². The second-order valence-electron chi connectivity index (χ2n) is 3.98. The van der Waals surface area contributed by atoms with Crippen LogP contribution in [0.25, 0.3) is 0 Å². The summed E-state index contributed by atoms with van der Waals surface area (Å²) in [5, 5.41) is 0. The first-order valence-electron chi connectivity index (χ1n) is 5.05. The molecule has 0 bridgehead atoms. The van der Waals surface area contributed by atoms with E-state index in [0.717, 1.165) is 12.8 Å². The van der Waals surface area contributed by atoms with E-state index in [1.54, 1.807) is 6.08 Å². The van der Waals surface area contributed by atoms with Crippen molar-refractivity contribution in [1.82, 2.24) is 0 Å². The molecule has 1 aliphatic carbocycles. The van der Waals surface area contributed by atoms with Crippen molar-refractivity contribution < 1.29 is 9.53 Å². The van der Waals surface area contributed by atoms with E-state index in [0.29, 0.717) is 0 Å². The highest BCUT2D eigenvalue weighted by atomic mass is 16.6. The molecular weight excluding hydrogens is 188 g/mol. The minimum atomic E-state index is -0.518. The van der Waals surface area contributed by atoms with Crippen LogP contribution < -0.4 is 0 Å². The number of ether oxygens (including phenoxy) is 1. The third-order valence-corrected chi connectivity index (χ3v) is 2.82. The van der Waals surface area contributed by atoms with Crippen molar-refractivity contribution in [2.24, 2.45) is 0 Å². The van der Waals surface area contributed by atoms with Gasteiger partial charge in [0.15, 0.2) is 0 Å². The average Bonchev–Trinajstić information content (AvgIpc) is 2.55.